The number of rotatable bonds is 2. The molecule has 0 unspecified atom stereocenters. The summed E-state index contributed by atoms with van der Waals surface area (Å²) in [5.74, 6) is -0.0900. The SMILES string of the molecule is CC(C)(C)OC(=O)NCC(=O)N1CCC(N)CC1. The number of nitrogens with one attached hydrogen (secondary N) is 1. The maximum absolute atomic E-state index is 11.8. The van der Waals surface area contributed by atoms with Gasteiger partial charge in [-0.2, -0.15) is 0 Å². The van der Waals surface area contributed by atoms with Crippen molar-refractivity contribution in [3.05, 3.63) is 0 Å². The number of hydrogen-bond acceptors (Lipinski definition) is 4. The van der Waals surface area contributed by atoms with Gasteiger partial charge in [-0.1, -0.05) is 0 Å². The van der Waals surface area contributed by atoms with Crippen molar-refractivity contribution >= 4 is 12.0 Å². The van der Waals surface area contributed by atoms with Gasteiger partial charge < -0.3 is 20.7 Å². The number of nitrogens with two attached hydrogens (primary N) is 1. The fourth-order valence-electron chi connectivity index (χ4n) is 1.72. The minimum atomic E-state index is -0.565. The molecule has 2 amide bonds. The highest BCUT2D eigenvalue weighted by atomic mass is 16.6. The molecule has 0 aromatic carbocycles. The first-order valence-electron chi connectivity index (χ1n) is 6.28. The summed E-state index contributed by atoms with van der Waals surface area (Å²) in [6.07, 6.45) is 1.07. The van der Waals surface area contributed by atoms with Gasteiger partial charge in [-0.25, -0.2) is 4.79 Å². The number of carbonyl (C=O) groups is 2. The summed E-state index contributed by atoms with van der Waals surface area (Å²) in [5, 5.41) is 2.46. The smallest absolute Gasteiger partial charge is 0.408 e. The number of amides is 2. The van der Waals surface area contributed by atoms with Gasteiger partial charge in [0, 0.05) is 19.1 Å². The van der Waals surface area contributed by atoms with Crippen LogP contribution in [0.3, 0.4) is 0 Å². The Morgan fingerprint density at radius 3 is 2.39 bits per heavy atom. The third kappa shape index (κ3) is 5.35. The number of nitrogens with zero attached hydrogens (tertiary/aromatic N) is 1. The van der Waals surface area contributed by atoms with Gasteiger partial charge >= 0.3 is 6.09 Å². The first-order chi connectivity index (χ1) is 8.28. The van der Waals surface area contributed by atoms with E-state index in [4.69, 9.17) is 10.5 Å². The summed E-state index contributed by atoms with van der Waals surface area (Å²) in [6, 6.07) is 0.188. The summed E-state index contributed by atoms with van der Waals surface area (Å²) in [6.45, 7) is 6.64. The second-order valence-corrected chi connectivity index (χ2v) is 5.57. The Morgan fingerprint density at radius 2 is 1.89 bits per heavy atom. The van der Waals surface area contributed by atoms with E-state index in [0.29, 0.717) is 13.1 Å². The van der Waals surface area contributed by atoms with Gasteiger partial charge in [0.05, 0.1) is 0 Å². The Bertz CT molecular complexity index is 304. The Hall–Kier alpha value is -1.30. The van der Waals surface area contributed by atoms with Gasteiger partial charge in [-0.15, -0.1) is 0 Å². The van der Waals surface area contributed by atoms with Gasteiger partial charge in [0.15, 0.2) is 0 Å². The Balaban J connectivity index is 2.27. The third-order valence-corrected chi connectivity index (χ3v) is 2.68. The number of carbonyl (C=O) groups excluding carboxylic acids is 2. The van der Waals surface area contributed by atoms with Gasteiger partial charge in [0.2, 0.25) is 5.91 Å². The molecule has 1 fully saturated rings. The fraction of sp³-hybridized carbons (Fsp3) is 0.833. The highest BCUT2D eigenvalue weighted by Gasteiger charge is 2.22. The monoisotopic (exact) mass is 257 g/mol. The van der Waals surface area contributed by atoms with Crippen LogP contribution in [-0.4, -0.2) is 48.2 Å². The molecule has 0 spiro atoms. The molecular weight excluding hydrogens is 234 g/mol. The lowest BCUT2D eigenvalue weighted by atomic mass is 10.1. The number of piperidine rings is 1. The zero-order valence-corrected chi connectivity index (χ0v) is 11.4. The molecule has 18 heavy (non-hydrogen) atoms. The van der Waals surface area contributed by atoms with Gasteiger partial charge in [-0.05, 0) is 33.6 Å². The molecule has 0 bridgehead atoms. The van der Waals surface area contributed by atoms with Crippen LogP contribution in [0.4, 0.5) is 4.79 Å². The molecule has 6 heteroatoms. The standard InChI is InChI=1S/C12H23N3O3/c1-12(2,3)18-11(17)14-8-10(16)15-6-4-9(13)5-7-15/h9H,4-8,13H2,1-3H3,(H,14,17). The molecular formula is C12H23N3O3. The Labute approximate surface area is 108 Å². The van der Waals surface area contributed by atoms with E-state index in [9.17, 15) is 9.59 Å². The highest BCUT2D eigenvalue weighted by Crippen LogP contribution is 2.08. The zero-order chi connectivity index (χ0) is 13.8. The molecule has 1 heterocycles. The largest absolute Gasteiger partial charge is 0.444 e. The number of likely N-dealkylation sites (tertiary alicyclic amines) is 1. The molecule has 104 valence electrons. The second-order valence-electron chi connectivity index (χ2n) is 5.57. The summed E-state index contributed by atoms with van der Waals surface area (Å²) < 4.78 is 5.05. The highest BCUT2D eigenvalue weighted by molar-refractivity contribution is 5.82. The van der Waals surface area contributed by atoms with E-state index >= 15 is 0 Å². The predicted molar refractivity (Wildman–Crippen MR) is 68.0 cm³/mol. The number of hydrogen-bond donors (Lipinski definition) is 2. The maximum Gasteiger partial charge on any atom is 0.408 e. The fourth-order valence-corrected chi connectivity index (χ4v) is 1.72. The Morgan fingerprint density at radius 1 is 1.33 bits per heavy atom. The van der Waals surface area contributed by atoms with Gasteiger partial charge in [0.25, 0.3) is 0 Å². The summed E-state index contributed by atoms with van der Waals surface area (Å²) in [7, 11) is 0. The van der Waals surface area contributed by atoms with Crippen molar-refractivity contribution in [2.75, 3.05) is 19.6 Å². The molecule has 0 aromatic rings. The molecule has 3 N–H and O–H groups in total. The molecule has 1 saturated heterocycles. The molecule has 0 saturated carbocycles. The van der Waals surface area contributed by atoms with Crippen LogP contribution in [0, 0.1) is 0 Å². The first kappa shape index (κ1) is 14.8. The lowest BCUT2D eigenvalue weighted by Gasteiger charge is -2.30. The van der Waals surface area contributed by atoms with Gasteiger partial charge in [-0.3, -0.25) is 4.79 Å². The van der Waals surface area contributed by atoms with E-state index in [-0.39, 0.29) is 18.5 Å². The molecule has 0 aromatic heterocycles. The van der Waals surface area contributed by atoms with Crippen molar-refractivity contribution < 1.29 is 14.3 Å². The van der Waals surface area contributed by atoms with E-state index in [1.807, 2.05) is 0 Å². The van der Waals surface area contributed by atoms with Crippen LogP contribution in [0.25, 0.3) is 0 Å². The maximum atomic E-state index is 11.8. The minimum Gasteiger partial charge on any atom is -0.444 e. The van der Waals surface area contributed by atoms with Crippen molar-refractivity contribution in [2.24, 2.45) is 5.73 Å². The van der Waals surface area contributed by atoms with Crippen LogP contribution in [-0.2, 0) is 9.53 Å². The number of ether oxygens (including phenoxy) is 1. The summed E-state index contributed by atoms with van der Waals surface area (Å²) in [4.78, 5) is 24.9. The molecule has 1 aliphatic heterocycles. The van der Waals surface area contributed by atoms with Crippen molar-refractivity contribution in [3.8, 4) is 0 Å². The van der Waals surface area contributed by atoms with Crippen molar-refractivity contribution in [1.82, 2.24) is 10.2 Å². The van der Waals surface area contributed by atoms with Crippen LogP contribution >= 0.6 is 0 Å². The average molecular weight is 257 g/mol. The van der Waals surface area contributed by atoms with Crippen LogP contribution in [0.2, 0.25) is 0 Å². The van der Waals surface area contributed by atoms with Crippen LogP contribution < -0.4 is 11.1 Å². The zero-order valence-electron chi connectivity index (χ0n) is 11.4. The summed E-state index contributed by atoms with van der Waals surface area (Å²) in [5.41, 5.74) is 5.21. The van der Waals surface area contributed by atoms with Crippen LogP contribution in [0.5, 0.6) is 0 Å². The Kier molecular flexibility index (Phi) is 4.95. The molecule has 6 nitrogen and oxygen atoms in total. The van der Waals surface area contributed by atoms with E-state index in [1.54, 1.807) is 25.7 Å². The van der Waals surface area contributed by atoms with E-state index in [1.165, 1.54) is 0 Å². The summed E-state index contributed by atoms with van der Waals surface area (Å²) >= 11 is 0. The van der Waals surface area contributed by atoms with E-state index in [0.717, 1.165) is 12.8 Å². The van der Waals surface area contributed by atoms with Crippen LogP contribution in [0.1, 0.15) is 33.6 Å². The predicted octanol–water partition coefficient (Wildman–Crippen LogP) is 0.461. The van der Waals surface area contributed by atoms with Crippen molar-refractivity contribution in [2.45, 2.75) is 45.3 Å². The van der Waals surface area contributed by atoms with Crippen molar-refractivity contribution in [3.63, 3.8) is 0 Å². The molecule has 0 atom stereocenters. The lowest BCUT2D eigenvalue weighted by molar-refractivity contribution is -0.131. The molecule has 0 aliphatic carbocycles. The topological polar surface area (TPSA) is 84.7 Å². The van der Waals surface area contributed by atoms with E-state index < -0.39 is 11.7 Å². The minimum absolute atomic E-state index is 0.0237. The van der Waals surface area contributed by atoms with Gasteiger partial charge in [0.1, 0.15) is 12.1 Å². The lowest BCUT2D eigenvalue weighted by Crippen LogP contribution is -2.47. The quantitative estimate of drug-likeness (QED) is 0.752. The van der Waals surface area contributed by atoms with Crippen molar-refractivity contribution in [1.29, 1.82) is 0 Å². The van der Waals surface area contributed by atoms with E-state index in [2.05, 4.69) is 5.32 Å². The average Bonchev–Trinajstić information content (AvgIpc) is 2.24. The first-order valence-corrected chi connectivity index (χ1v) is 6.28. The normalized spacial score (nSPS) is 17.4. The number of alkyl carbamates (subject to hydrolysis) is 1. The second kappa shape index (κ2) is 6.04. The van der Waals surface area contributed by atoms with Crippen LogP contribution in [0.15, 0.2) is 0 Å². The molecule has 1 rings (SSSR count). The molecule has 1 aliphatic rings. The molecule has 0 radical (unpaired) electrons. The third-order valence-electron chi connectivity index (χ3n) is 2.68.